The van der Waals surface area contributed by atoms with Crippen molar-refractivity contribution in [1.29, 1.82) is 0 Å². The first-order valence-corrected chi connectivity index (χ1v) is 14.1. The lowest BCUT2D eigenvalue weighted by molar-refractivity contribution is -0.267. The molecule has 11 nitrogen and oxygen atoms in total. The normalized spacial score (nSPS) is 15.3. The number of ether oxygens (including phenoxy) is 2. The van der Waals surface area contributed by atoms with E-state index in [1.807, 2.05) is 0 Å². The highest BCUT2D eigenvalue weighted by Gasteiger charge is 2.55. The first-order valence-electron chi connectivity index (χ1n) is 12.5. The van der Waals surface area contributed by atoms with Crippen LogP contribution in [0.15, 0.2) is 47.1 Å². The van der Waals surface area contributed by atoms with E-state index in [-0.39, 0.29) is 0 Å². The number of sulfonamides is 1. The van der Waals surface area contributed by atoms with Gasteiger partial charge in [-0.15, -0.1) is 0 Å². The van der Waals surface area contributed by atoms with Crippen molar-refractivity contribution in [2.45, 2.75) is 83.4 Å². The van der Waals surface area contributed by atoms with Crippen LogP contribution in [0.1, 0.15) is 59.9 Å². The first kappa shape index (κ1) is 33.7. The molecule has 1 unspecified atom stereocenters. The van der Waals surface area contributed by atoms with Gasteiger partial charge in [0.05, 0.1) is 11.4 Å². The fourth-order valence-corrected chi connectivity index (χ4v) is 4.36. The number of alkyl carbamates (subject to hydrolysis) is 1. The maximum absolute atomic E-state index is 14.0. The van der Waals surface area contributed by atoms with Crippen LogP contribution in [0.2, 0.25) is 0 Å². The van der Waals surface area contributed by atoms with Gasteiger partial charge < -0.3 is 19.9 Å². The van der Waals surface area contributed by atoms with Crippen LogP contribution >= 0.6 is 0 Å². The van der Waals surface area contributed by atoms with Gasteiger partial charge in [0, 0.05) is 31.4 Å². The van der Waals surface area contributed by atoms with Gasteiger partial charge in [-0.25, -0.2) is 22.7 Å². The SMILES string of the molecule is CC(C)(C)OC(=O)N[C@@H](CC=NS(=O)(=O)CCC(O)(c1ccc(-n2cccn2)cc1)C(F)(F)F)C(=O)OC(C)(C)C. The highest BCUT2D eigenvalue weighted by atomic mass is 32.2. The van der Waals surface area contributed by atoms with Crippen molar-refractivity contribution in [2.24, 2.45) is 4.40 Å². The number of amides is 1. The molecule has 2 atom stereocenters. The van der Waals surface area contributed by atoms with Crippen LogP contribution in [0.3, 0.4) is 0 Å². The summed E-state index contributed by atoms with van der Waals surface area (Å²) < 4.78 is 82.0. The fraction of sp³-hybridized carbons (Fsp3) is 0.538. The summed E-state index contributed by atoms with van der Waals surface area (Å²) in [5.41, 5.74) is -5.46. The number of carbonyl (C=O) groups excluding carboxylic acids is 2. The lowest BCUT2D eigenvalue weighted by atomic mass is 9.90. The molecule has 1 amide bonds. The Bertz CT molecular complexity index is 1310. The van der Waals surface area contributed by atoms with Crippen LogP contribution in [0.4, 0.5) is 18.0 Å². The number of aliphatic hydroxyl groups is 1. The third-order valence-corrected chi connectivity index (χ3v) is 6.45. The second-order valence-electron chi connectivity index (χ2n) is 11.1. The number of halogens is 3. The number of alkyl halides is 3. The predicted octanol–water partition coefficient (Wildman–Crippen LogP) is 4.04. The Morgan fingerprint density at radius 1 is 1.07 bits per heavy atom. The number of nitrogens with one attached hydrogen (secondary N) is 1. The largest absolute Gasteiger partial charge is 0.458 e. The Kier molecular flexibility index (Phi) is 10.4. The summed E-state index contributed by atoms with van der Waals surface area (Å²) in [5, 5.41) is 16.9. The maximum Gasteiger partial charge on any atom is 0.421 e. The number of esters is 1. The van der Waals surface area contributed by atoms with E-state index in [2.05, 4.69) is 14.8 Å². The number of carbonyl (C=O) groups is 2. The monoisotopic (exact) mass is 604 g/mol. The lowest BCUT2D eigenvalue weighted by Gasteiger charge is -2.30. The molecule has 0 saturated carbocycles. The smallest absolute Gasteiger partial charge is 0.421 e. The number of nitrogens with zero attached hydrogens (tertiary/aromatic N) is 3. The molecule has 228 valence electrons. The molecule has 0 aliphatic carbocycles. The Balaban J connectivity index is 2.18. The van der Waals surface area contributed by atoms with Crippen molar-refractivity contribution in [2.75, 3.05) is 5.75 Å². The van der Waals surface area contributed by atoms with Gasteiger partial charge in [0.2, 0.25) is 0 Å². The Hall–Kier alpha value is -3.46. The molecule has 2 rings (SSSR count). The van der Waals surface area contributed by atoms with E-state index in [9.17, 15) is 36.3 Å². The second kappa shape index (κ2) is 12.6. The molecule has 0 radical (unpaired) electrons. The highest BCUT2D eigenvalue weighted by Crippen LogP contribution is 2.42. The maximum atomic E-state index is 14.0. The molecule has 1 heterocycles. The summed E-state index contributed by atoms with van der Waals surface area (Å²) in [6.45, 7) is 9.54. The van der Waals surface area contributed by atoms with Gasteiger partial charge in [-0.3, -0.25) is 0 Å². The minimum atomic E-state index is -5.21. The average molecular weight is 605 g/mol. The van der Waals surface area contributed by atoms with Gasteiger partial charge in [0.1, 0.15) is 17.2 Å². The van der Waals surface area contributed by atoms with Crippen molar-refractivity contribution in [3.8, 4) is 5.69 Å². The standard InChI is InChI=1S/C26H35F3N4O7S/c1-23(2,3)39-21(34)20(32-22(35)40-24(4,5)6)12-15-31-41(37,38)17-13-25(36,26(27,28)29)18-8-10-19(11-9-18)33-16-7-14-30-33/h7-11,14-16,20,36H,12-13,17H2,1-6H3,(H,32,35)/t20-,25?/m0/s1. The van der Waals surface area contributed by atoms with Crippen molar-refractivity contribution in [1.82, 2.24) is 15.1 Å². The van der Waals surface area contributed by atoms with E-state index in [0.717, 1.165) is 18.3 Å². The number of benzene rings is 1. The topological polar surface area (TPSA) is 149 Å². The molecular formula is C26H35F3N4O7S. The lowest BCUT2D eigenvalue weighted by Crippen LogP contribution is -2.46. The minimum Gasteiger partial charge on any atom is -0.458 e. The minimum absolute atomic E-state index is 0.431. The molecule has 0 bridgehead atoms. The molecule has 15 heteroatoms. The summed E-state index contributed by atoms with van der Waals surface area (Å²) in [6.07, 6.45) is -4.07. The van der Waals surface area contributed by atoms with E-state index >= 15 is 0 Å². The van der Waals surface area contributed by atoms with E-state index < -0.39 is 75.3 Å². The van der Waals surface area contributed by atoms with Gasteiger partial charge in [-0.1, -0.05) is 12.1 Å². The number of aromatic nitrogens is 2. The summed E-state index contributed by atoms with van der Waals surface area (Å²) in [4.78, 5) is 24.8. The number of hydrogen-bond donors (Lipinski definition) is 2. The van der Waals surface area contributed by atoms with Crippen molar-refractivity contribution < 1.29 is 45.8 Å². The summed E-state index contributed by atoms with van der Waals surface area (Å²) in [5.74, 6) is -2.07. The molecule has 41 heavy (non-hydrogen) atoms. The molecule has 2 N–H and O–H groups in total. The zero-order valence-electron chi connectivity index (χ0n) is 23.6. The zero-order chi connectivity index (χ0) is 31.3. The van der Waals surface area contributed by atoms with Gasteiger partial charge in [0.15, 0.2) is 5.60 Å². The van der Waals surface area contributed by atoms with Crippen LogP contribution in [-0.4, -0.2) is 70.8 Å². The first-order chi connectivity index (χ1) is 18.6. The van der Waals surface area contributed by atoms with Crippen LogP contribution in [0, 0.1) is 0 Å². The van der Waals surface area contributed by atoms with E-state index in [1.54, 1.807) is 53.8 Å². The molecule has 1 aromatic heterocycles. The summed E-state index contributed by atoms with van der Waals surface area (Å²) in [6, 6.07) is 4.90. The van der Waals surface area contributed by atoms with Crippen molar-refractivity contribution in [3.63, 3.8) is 0 Å². The van der Waals surface area contributed by atoms with E-state index in [1.165, 1.54) is 23.0 Å². The Morgan fingerprint density at radius 2 is 1.66 bits per heavy atom. The van der Waals surface area contributed by atoms with Gasteiger partial charge in [0.25, 0.3) is 10.0 Å². The van der Waals surface area contributed by atoms with Gasteiger partial charge in [-0.2, -0.15) is 22.7 Å². The molecule has 0 fully saturated rings. The molecule has 0 aliphatic heterocycles. The average Bonchev–Trinajstić information content (AvgIpc) is 3.34. The molecule has 0 aliphatic rings. The van der Waals surface area contributed by atoms with Crippen molar-refractivity contribution >= 4 is 28.3 Å². The van der Waals surface area contributed by atoms with Gasteiger partial charge in [-0.05, 0) is 65.3 Å². The number of hydrogen-bond acceptors (Lipinski definition) is 8. The van der Waals surface area contributed by atoms with Crippen LogP contribution in [0.25, 0.3) is 5.69 Å². The molecule has 2 aromatic rings. The molecule has 0 saturated heterocycles. The molecule has 0 spiro atoms. The fourth-order valence-electron chi connectivity index (χ4n) is 3.39. The zero-order valence-corrected chi connectivity index (χ0v) is 24.4. The number of rotatable bonds is 10. The molecule has 1 aromatic carbocycles. The van der Waals surface area contributed by atoms with Gasteiger partial charge >= 0.3 is 18.2 Å². The summed E-state index contributed by atoms with van der Waals surface area (Å²) >= 11 is 0. The highest BCUT2D eigenvalue weighted by molar-refractivity contribution is 7.90. The second-order valence-corrected chi connectivity index (χ2v) is 12.9. The van der Waals surface area contributed by atoms with E-state index in [0.29, 0.717) is 5.69 Å². The quantitative estimate of drug-likeness (QED) is 0.305. The predicted molar refractivity (Wildman–Crippen MR) is 144 cm³/mol. The van der Waals surface area contributed by atoms with Crippen LogP contribution in [0.5, 0.6) is 0 Å². The van der Waals surface area contributed by atoms with Crippen LogP contribution in [-0.2, 0) is 29.9 Å². The van der Waals surface area contributed by atoms with Crippen molar-refractivity contribution in [3.05, 3.63) is 48.3 Å². The third-order valence-electron chi connectivity index (χ3n) is 5.26. The van der Waals surface area contributed by atoms with E-state index in [4.69, 9.17) is 9.47 Å². The Morgan fingerprint density at radius 3 is 2.15 bits per heavy atom. The Labute approximate surface area is 236 Å². The molecular weight excluding hydrogens is 569 g/mol. The van der Waals surface area contributed by atoms with Crippen LogP contribution < -0.4 is 5.32 Å². The summed E-state index contributed by atoms with van der Waals surface area (Å²) in [7, 11) is -4.54. The third kappa shape index (κ3) is 10.5.